The average molecular weight is 261 g/mol. The number of benzene rings is 1. The molecule has 0 aromatic heterocycles. The lowest BCUT2D eigenvalue weighted by atomic mass is 9.99. The first-order valence-corrected chi connectivity index (χ1v) is 6.97. The molecule has 0 radical (unpaired) electrons. The van der Waals surface area contributed by atoms with Crippen molar-refractivity contribution in [1.82, 2.24) is 4.90 Å². The molecule has 1 fully saturated rings. The molecular formula is C16H23NO2. The minimum absolute atomic E-state index is 0.285. The van der Waals surface area contributed by atoms with Crippen LogP contribution in [-0.4, -0.2) is 28.1 Å². The van der Waals surface area contributed by atoms with Crippen LogP contribution in [0.5, 0.6) is 0 Å². The summed E-state index contributed by atoms with van der Waals surface area (Å²) < 4.78 is 0. The van der Waals surface area contributed by atoms with E-state index in [1.165, 1.54) is 18.4 Å². The van der Waals surface area contributed by atoms with Crippen LogP contribution in [0.4, 0.5) is 0 Å². The molecule has 1 heterocycles. The Morgan fingerprint density at radius 3 is 2.47 bits per heavy atom. The van der Waals surface area contributed by atoms with Gasteiger partial charge in [0.15, 0.2) is 0 Å². The minimum Gasteiger partial charge on any atom is -0.481 e. The van der Waals surface area contributed by atoms with E-state index >= 15 is 0 Å². The van der Waals surface area contributed by atoms with Crippen LogP contribution in [0, 0.1) is 0 Å². The zero-order valence-corrected chi connectivity index (χ0v) is 12.0. The lowest BCUT2D eigenvalue weighted by Crippen LogP contribution is -2.37. The number of rotatable bonds is 4. The Kier molecular flexibility index (Phi) is 3.95. The number of hydrogen-bond donors (Lipinski definition) is 1. The number of carbonyl (C=O) groups is 1. The molecule has 1 aromatic carbocycles. The third-order valence-corrected chi connectivity index (χ3v) is 4.30. The summed E-state index contributed by atoms with van der Waals surface area (Å²) in [5.74, 6) is -1.20. The lowest BCUT2D eigenvalue weighted by Gasteiger charge is -2.31. The van der Waals surface area contributed by atoms with Gasteiger partial charge < -0.3 is 5.11 Å². The molecule has 3 nitrogen and oxygen atoms in total. The maximum atomic E-state index is 10.9. The Balaban J connectivity index is 2.05. The number of carboxylic acid groups (broad SMARTS) is 1. The second kappa shape index (κ2) is 5.33. The highest BCUT2D eigenvalue weighted by atomic mass is 16.4. The van der Waals surface area contributed by atoms with E-state index in [0.717, 1.165) is 18.7 Å². The van der Waals surface area contributed by atoms with E-state index in [-0.39, 0.29) is 5.54 Å². The Hall–Kier alpha value is -1.35. The molecule has 2 rings (SSSR count). The van der Waals surface area contributed by atoms with Gasteiger partial charge in [0.1, 0.15) is 0 Å². The summed E-state index contributed by atoms with van der Waals surface area (Å²) in [4.78, 5) is 13.4. The van der Waals surface area contributed by atoms with Crippen LogP contribution in [0.2, 0.25) is 0 Å². The van der Waals surface area contributed by atoms with E-state index in [9.17, 15) is 4.79 Å². The molecule has 19 heavy (non-hydrogen) atoms. The van der Waals surface area contributed by atoms with E-state index in [1.807, 2.05) is 12.1 Å². The van der Waals surface area contributed by atoms with Gasteiger partial charge in [0.25, 0.3) is 0 Å². The molecule has 1 N–H and O–H groups in total. The van der Waals surface area contributed by atoms with Gasteiger partial charge >= 0.3 is 5.97 Å². The molecule has 0 amide bonds. The summed E-state index contributed by atoms with van der Waals surface area (Å²) in [6, 6.07) is 8.00. The summed E-state index contributed by atoms with van der Waals surface area (Å²) in [6.07, 6.45) is 2.52. The second-order valence-corrected chi connectivity index (χ2v) is 6.14. The number of likely N-dealkylation sites (tertiary alicyclic amines) is 1. The summed E-state index contributed by atoms with van der Waals surface area (Å²) >= 11 is 0. The largest absolute Gasteiger partial charge is 0.481 e. The highest BCUT2D eigenvalue weighted by Gasteiger charge is 2.31. The monoisotopic (exact) mass is 261 g/mol. The van der Waals surface area contributed by atoms with Crippen LogP contribution < -0.4 is 0 Å². The highest BCUT2D eigenvalue weighted by molar-refractivity contribution is 5.75. The third kappa shape index (κ3) is 3.16. The molecule has 3 heteroatoms. The van der Waals surface area contributed by atoms with Crippen LogP contribution in [0.3, 0.4) is 0 Å². The average Bonchev–Trinajstić information content (AvgIpc) is 2.69. The van der Waals surface area contributed by atoms with Crippen LogP contribution in [0.1, 0.15) is 50.7 Å². The predicted octanol–water partition coefficient (Wildman–Crippen LogP) is 3.25. The highest BCUT2D eigenvalue weighted by Crippen LogP contribution is 2.29. The second-order valence-electron chi connectivity index (χ2n) is 6.14. The van der Waals surface area contributed by atoms with Crippen molar-refractivity contribution in [2.75, 3.05) is 6.54 Å². The van der Waals surface area contributed by atoms with Gasteiger partial charge in [-0.05, 0) is 51.3 Å². The first kappa shape index (κ1) is 14.1. The van der Waals surface area contributed by atoms with Gasteiger partial charge in [0.2, 0.25) is 0 Å². The standard InChI is InChI=1S/C16H23NO2/c1-12(15(18)19)14-7-5-13(6-8-14)11-17-10-4-9-16(17,2)3/h5-8,12H,4,9-11H2,1-3H3,(H,18,19). The molecular weight excluding hydrogens is 238 g/mol. The van der Waals surface area contributed by atoms with Gasteiger partial charge in [-0.25, -0.2) is 0 Å². The van der Waals surface area contributed by atoms with Gasteiger partial charge in [0.05, 0.1) is 5.92 Å². The molecule has 104 valence electrons. The summed E-state index contributed by atoms with van der Waals surface area (Å²) in [5, 5.41) is 8.99. The molecule has 0 spiro atoms. The van der Waals surface area contributed by atoms with Crippen molar-refractivity contribution in [1.29, 1.82) is 0 Å². The molecule has 0 saturated carbocycles. The SMILES string of the molecule is CC(C(=O)O)c1ccc(CN2CCCC2(C)C)cc1. The number of hydrogen-bond acceptors (Lipinski definition) is 2. The Morgan fingerprint density at radius 2 is 2.00 bits per heavy atom. The fraction of sp³-hybridized carbons (Fsp3) is 0.562. The normalized spacial score (nSPS) is 20.4. The van der Waals surface area contributed by atoms with Crippen LogP contribution >= 0.6 is 0 Å². The Morgan fingerprint density at radius 1 is 1.37 bits per heavy atom. The first-order chi connectivity index (χ1) is 8.90. The van der Waals surface area contributed by atoms with Crippen molar-refractivity contribution < 1.29 is 9.90 Å². The molecule has 1 saturated heterocycles. The van der Waals surface area contributed by atoms with Crippen LogP contribution in [0.15, 0.2) is 24.3 Å². The molecule has 1 unspecified atom stereocenters. The minimum atomic E-state index is -0.770. The summed E-state index contributed by atoms with van der Waals surface area (Å²) in [5.41, 5.74) is 2.42. The molecule has 1 atom stereocenters. The van der Waals surface area contributed by atoms with Gasteiger partial charge in [-0.1, -0.05) is 24.3 Å². The topological polar surface area (TPSA) is 40.5 Å². The quantitative estimate of drug-likeness (QED) is 0.904. The van der Waals surface area contributed by atoms with Crippen molar-refractivity contribution >= 4 is 5.97 Å². The zero-order chi connectivity index (χ0) is 14.0. The lowest BCUT2D eigenvalue weighted by molar-refractivity contribution is -0.138. The van der Waals surface area contributed by atoms with Gasteiger partial charge in [-0.3, -0.25) is 9.69 Å². The third-order valence-electron chi connectivity index (χ3n) is 4.30. The van der Waals surface area contributed by atoms with E-state index in [0.29, 0.717) is 0 Å². The van der Waals surface area contributed by atoms with E-state index < -0.39 is 11.9 Å². The molecule has 0 bridgehead atoms. The van der Waals surface area contributed by atoms with Crippen molar-refractivity contribution in [3.8, 4) is 0 Å². The molecule has 1 aliphatic heterocycles. The van der Waals surface area contributed by atoms with Crippen molar-refractivity contribution in [2.45, 2.75) is 51.6 Å². The van der Waals surface area contributed by atoms with E-state index in [2.05, 4.69) is 30.9 Å². The zero-order valence-electron chi connectivity index (χ0n) is 12.0. The van der Waals surface area contributed by atoms with Crippen molar-refractivity contribution in [3.05, 3.63) is 35.4 Å². The van der Waals surface area contributed by atoms with Gasteiger partial charge in [-0.15, -0.1) is 0 Å². The fourth-order valence-corrected chi connectivity index (χ4v) is 2.73. The van der Waals surface area contributed by atoms with Crippen LogP contribution in [-0.2, 0) is 11.3 Å². The Labute approximate surface area is 115 Å². The first-order valence-electron chi connectivity index (χ1n) is 6.97. The van der Waals surface area contributed by atoms with E-state index in [4.69, 9.17) is 5.11 Å². The number of aliphatic carboxylic acids is 1. The van der Waals surface area contributed by atoms with Crippen molar-refractivity contribution in [3.63, 3.8) is 0 Å². The fourth-order valence-electron chi connectivity index (χ4n) is 2.73. The molecule has 1 aliphatic rings. The summed E-state index contributed by atoms with van der Waals surface area (Å²) in [7, 11) is 0. The predicted molar refractivity (Wildman–Crippen MR) is 76.2 cm³/mol. The number of carboxylic acids is 1. The summed E-state index contributed by atoms with van der Waals surface area (Å²) in [6.45, 7) is 8.41. The molecule has 0 aliphatic carbocycles. The van der Waals surface area contributed by atoms with Crippen LogP contribution in [0.25, 0.3) is 0 Å². The maximum absolute atomic E-state index is 10.9. The van der Waals surface area contributed by atoms with Gasteiger partial charge in [0, 0.05) is 12.1 Å². The Bertz CT molecular complexity index is 450. The maximum Gasteiger partial charge on any atom is 0.310 e. The molecule has 1 aromatic rings. The number of nitrogens with zero attached hydrogens (tertiary/aromatic N) is 1. The van der Waals surface area contributed by atoms with E-state index in [1.54, 1.807) is 6.92 Å². The smallest absolute Gasteiger partial charge is 0.310 e. The van der Waals surface area contributed by atoms with Gasteiger partial charge in [-0.2, -0.15) is 0 Å². The van der Waals surface area contributed by atoms with Crippen molar-refractivity contribution in [2.24, 2.45) is 0 Å².